The molecule has 6 nitrogen and oxygen atoms in total. The van der Waals surface area contributed by atoms with Gasteiger partial charge in [0, 0.05) is 35.9 Å². The molecule has 1 aliphatic heterocycles. The van der Waals surface area contributed by atoms with Gasteiger partial charge in [-0.3, -0.25) is 4.72 Å². The number of sulfonamides is 1. The molecule has 1 fully saturated rings. The number of nitrogens with one attached hydrogen (secondary N) is 2. The van der Waals surface area contributed by atoms with Crippen molar-refractivity contribution in [1.82, 2.24) is 5.32 Å². The SMILES string of the molecule is COc1ccc(N2CC(C)N[C@@H](C)C2)cc1NS(=O)(=O)c1ccc(-c2cccc(Cl)c2)cc1. The van der Waals surface area contributed by atoms with E-state index in [0.29, 0.717) is 28.5 Å². The van der Waals surface area contributed by atoms with Crippen LogP contribution in [0.2, 0.25) is 5.02 Å². The lowest BCUT2D eigenvalue weighted by Crippen LogP contribution is -2.54. The number of ether oxygens (including phenoxy) is 1. The molecule has 1 aliphatic rings. The maximum absolute atomic E-state index is 13.2. The predicted molar refractivity (Wildman–Crippen MR) is 135 cm³/mol. The molecule has 0 saturated carbocycles. The van der Waals surface area contributed by atoms with Crippen LogP contribution in [0.15, 0.2) is 71.6 Å². The Hall–Kier alpha value is -2.74. The van der Waals surface area contributed by atoms with E-state index in [9.17, 15) is 8.42 Å². The van der Waals surface area contributed by atoms with Crippen LogP contribution in [0, 0.1) is 0 Å². The highest BCUT2D eigenvalue weighted by molar-refractivity contribution is 7.92. The molecule has 0 radical (unpaired) electrons. The Morgan fingerprint density at radius 2 is 1.67 bits per heavy atom. The van der Waals surface area contributed by atoms with Gasteiger partial charge in [0.1, 0.15) is 5.75 Å². The zero-order valence-corrected chi connectivity index (χ0v) is 20.5. The van der Waals surface area contributed by atoms with E-state index >= 15 is 0 Å². The largest absolute Gasteiger partial charge is 0.495 e. The number of hydrogen-bond donors (Lipinski definition) is 2. The molecule has 4 rings (SSSR count). The first-order chi connectivity index (χ1) is 15.7. The number of piperazine rings is 1. The standard InChI is InChI=1S/C25H28ClN3O3S/c1-17-15-29(16-18(2)27-17)22-9-12-25(32-3)24(14-22)28-33(30,31)23-10-7-19(8-11-23)20-5-4-6-21(26)13-20/h4-14,17-18,27-28H,15-16H2,1-3H3/t17-,18?/m0/s1. The van der Waals surface area contributed by atoms with Crippen molar-refractivity contribution in [3.05, 3.63) is 71.8 Å². The van der Waals surface area contributed by atoms with Gasteiger partial charge in [0.2, 0.25) is 0 Å². The molecule has 1 heterocycles. The number of hydrogen-bond acceptors (Lipinski definition) is 5. The molecule has 0 aliphatic carbocycles. The molecule has 0 amide bonds. The van der Waals surface area contributed by atoms with Gasteiger partial charge < -0.3 is 15.0 Å². The molecule has 1 unspecified atom stereocenters. The molecule has 3 aromatic carbocycles. The lowest BCUT2D eigenvalue weighted by molar-refractivity contribution is 0.406. The van der Waals surface area contributed by atoms with Gasteiger partial charge in [-0.05, 0) is 67.4 Å². The Morgan fingerprint density at radius 1 is 0.970 bits per heavy atom. The van der Waals surface area contributed by atoms with E-state index < -0.39 is 10.0 Å². The summed E-state index contributed by atoms with van der Waals surface area (Å²) in [6, 6.07) is 20.5. The van der Waals surface area contributed by atoms with Crippen molar-refractivity contribution in [3.8, 4) is 16.9 Å². The van der Waals surface area contributed by atoms with E-state index in [1.807, 2.05) is 30.3 Å². The van der Waals surface area contributed by atoms with Crippen LogP contribution in [0.4, 0.5) is 11.4 Å². The predicted octanol–water partition coefficient (Wildman–Crippen LogP) is 5.00. The van der Waals surface area contributed by atoms with Crippen LogP contribution in [0.3, 0.4) is 0 Å². The van der Waals surface area contributed by atoms with Gasteiger partial charge in [0.05, 0.1) is 17.7 Å². The van der Waals surface area contributed by atoms with E-state index in [2.05, 4.69) is 28.8 Å². The number of benzene rings is 3. The molecule has 2 atom stereocenters. The summed E-state index contributed by atoms with van der Waals surface area (Å²) in [5.41, 5.74) is 3.17. The summed E-state index contributed by atoms with van der Waals surface area (Å²) >= 11 is 6.08. The normalized spacial score (nSPS) is 18.7. The average molecular weight is 486 g/mol. The second kappa shape index (κ2) is 9.63. The van der Waals surface area contributed by atoms with E-state index in [0.717, 1.165) is 29.9 Å². The zero-order chi connectivity index (χ0) is 23.6. The summed E-state index contributed by atoms with van der Waals surface area (Å²) in [4.78, 5) is 2.42. The molecule has 0 aromatic heterocycles. The Morgan fingerprint density at radius 3 is 2.30 bits per heavy atom. The van der Waals surface area contributed by atoms with E-state index in [1.165, 1.54) is 7.11 Å². The van der Waals surface area contributed by atoms with Gasteiger partial charge in [-0.25, -0.2) is 8.42 Å². The van der Waals surface area contributed by atoms with Crippen molar-refractivity contribution in [2.75, 3.05) is 29.8 Å². The van der Waals surface area contributed by atoms with Crippen LogP contribution in [-0.4, -0.2) is 40.7 Å². The van der Waals surface area contributed by atoms with Crippen molar-refractivity contribution in [3.63, 3.8) is 0 Å². The van der Waals surface area contributed by atoms with E-state index in [4.69, 9.17) is 16.3 Å². The fourth-order valence-electron chi connectivity index (χ4n) is 4.21. The molecule has 8 heteroatoms. The number of rotatable bonds is 6. The van der Waals surface area contributed by atoms with Gasteiger partial charge in [0.15, 0.2) is 0 Å². The van der Waals surface area contributed by atoms with Crippen LogP contribution >= 0.6 is 11.6 Å². The van der Waals surface area contributed by atoms with Crippen LogP contribution in [0.25, 0.3) is 11.1 Å². The molecular weight excluding hydrogens is 458 g/mol. The second-order valence-corrected chi connectivity index (χ2v) is 10.5. The smallest absolute Gasteiger partial charge is 0.262 e. The highest BCUT2D eigenvalue weighted by atomic mass is 35.5. The molecule has 1 saturated heterocycles. The maximum atomic E-state index is 13.2. The Bertz CT molecular complexity index is 1220. The molecule has 3 aromatic rings. The van der Waals surface area contributed by atoms with Crippen molar-refractivity contribution in [2.24, 2.45) is 0 Å². The Balaban J connectivity index is 1.59. The third-order valence-corrected chi connectivity index (χ3v) is 7.29. The molecular formula is C25H28ClN3O3S. The summed E-state index contributed by atoms with van der Waals surface area (Å²) in [7, 11) is -2.28. The topological polar surface area (TPSA) is 70.7 Å². The van der Waals surface area contributed by atoms with E-state index in [1.54, 1.807) is 36.4 Å². The first-order valence-corrected chi connectivity index (χ1v) is 12.7. The summed E-state index contributed by atoms with van der Waals surface area (Å²) in [5.74, 6) is 0.467. The minimum atomic E-state index is -3.81. The maximum Gasteiger partial charge on any atom is 0.262 e. The van der Waals surface area contributed by atoms with Crippen LogP contribution in [-0.2, 0) is 10.0 Å². The zero-order valence-electron chi connectivity index (χ0n) is 18.9. The number of halogens is 1. The van der Waals surface area contributed by atoms with Crippen LogP contribution in [0.5, 0.6) is 5.75 Å². The molecule has 2 N–H and O–H groups in total. The number of methoxy groups -OCH3 is 1. The third kappa shape index (κ3) is 5.43. The summed E-state index contributed by atoms with van der Waals surface area (Å²) in [5, 5.41) is 4.14. The molecule has 33 heavy (non-hydrogen) atoms. The fraction of sp³-hybridized carbons (Fsp3) is 0.280. The number of nitrogens with zero attached hydrogens (tertiary/aromatic N) is 1. The summed E-state index contributed by atoms with van der Waals surface area (Å²) < 4.78 is 34.4. The van der Waals surface area contributed by atoms with Crippen molar-refractivity contribution >= 4 is 33.0 Å². The second-order valence-electron chi connectivity index (χ2n) is 8.40. The minimum absolute atomic E-state index is 0.171. The van der Waals surface area contributed by atoms with Gasteiger partial charge in [-0.15, -0.1) is 0 Å². The monoisotopic (exact) mass is 485 g/mol. The van der Waals surface area contributed by atoms with Crippen molar-refractivity contribution in [2.45, 2.75) is 30.8 Å². The quantitative estimate of drug-likeness (QED) is 0.514. The van der Waals surface area contributed by atoms with Gasteiger partial charge in [0.25, 0.3) is 10.0 Å². The van der Waals surface area contributed by atoms with Gasteiger partial charge in [-0.2, -0.15) is 0 Å². The summed E-state index contributed by atoms with van der Waals surface area (Å²) in [6.07, 6.45) is 0. The van der Waals surface area contributed by atoms with Crippen molar-refractivity contribution < 1.29 is 13.2 Å². The molecule has 174 valence electrons. The average Bonchev–Trinajstić information content (AvgIpc) is 2.78. The van der Waals surface area contributed by atoms with Gasteiger partial charge >= 0.3 is 0 Å². The van der Waals surface area contributed by atoms with E-state index in [-0.39, 0.29) is 4.90 Å². The summed E-state index contributed by atoms with van der Waals surface area (Å²) in [6.45, 7) is 5.97. The first-order valence-electron chi connectivity index (χ1n) is 10.8. The Kier molecular flexibility index (Phi) is 6.83. The van der Waals surface area contributed by atoms with Crippen LogP contribution in [0.1, 0.15) is 13.8 Å². The molecule has 0 spiro atoms. The lowest BCUT2D eigenvalue weighted by atomic mass is 10.1. The number of anilines is 2. The highest BCUT2D eigenvalue weighted by Crippen LogP contribution is 2.33. The Labute approximate surface area is 200 Å². The molecule has 0 bridgehead atoms. The minimum Gasteiger partial charge on any atom is -0.495 e. The third-order valence-electron chi connectivity index (χ3n) is 5.67. The lowest BCUT2D eigenvalue weighted by Gasteiger charge is -2.38. The van der Waals surface area contributed by atoms with Gasteiger partial charge in [-0.1, -0.05) is 35.9 Å². The highest BCUT2D eigenvalue weighted by Gasteiger charge is 2.23. The fourth-order valence-corrected chi connectivity index (χ4v) is 5.46. The van der Waals surface area contributed by atoms with Crippen molar-refractivity contribution in [1.29, 1.82) is 0 Å². The first kappa shape index (κ1) is 23.4. The van der Waals surface area contributed by atoms with Crippen LogP contribution < -0.4 is 19.7 Å².